The van der Waals surface area contributed by atoms with Gasteiger partial charge in [-0.3, -0.25) is 0 Å². The molecule has 0 N–H and O–H groups in total. The lowest BCUT2D eigenvalue weighted by atomic mass is 10.0. The van der Waals surface area contributed by atoms with Gasteiger partial charge < -0.3 is 0 Å². The zero-order valence-electron chi connectivity index (χ0n) is 13.2. The fourth-order valence-electron chi connectivity index (χ4n) is 3.13. The Morgan fingerprint density at radius 3 is 2.29 bits per heavy atom. The fourth-order valence-corrected chi connectivity index (χ4v) is 4.94. The van der Waals surface area contributed by atoms with Gasteiger partial charge in [-0.05, 0) is 54.8 Å². The smallest absolute Gasteiger partial charge is 0.207 e. The minimum Gasteiger partial charge on any atom is -0.207 e. The van der Waals surface area contributed by atoms with Crippen molar-refractivity contribution in [2.75, 3.05) is 6.54 Å². The molecule has 0 saturated carbocycles. The van der Waals surface area contributed by atoms with E-state index in [0.29, 0.717) is 11.6 Å². The van der Waals surface area contributed by atoms with Crippen molar-refractivity contribution in [2.45, 2.75) is 36.6 Å². The van der Waals surface area contributed by atoms with Crippen molar-refractivity contribution in [3.63, 3.8) is 0 Å². The van der Waals surface area contributed by atoms with Gasteiger partial charge in [0.15, 0.2) is 0 Å². The highest BCUT2D eigenvalue weighted by molar-refractivity contribution is 7.89. The van der Waals surface area contributed by atoms with Gasteiger partial charge in [0.05, 0.1) is 10.9 Å². The minimum absolute atomic E-state index is 0.129. The third-order valence-corrected chi connectivity index (χ3v) is 6.55. The topological polar surface area (TPSA) is 37.4 Å². The predicted molar refractivity (Wildman–Crippen MR) is 93.0 cm³/mol. The molecule has 3 rings (SSSR count). The number of hydrogen-bond acceptors (Lipinski definition) is 2. The zero-order valence-corrected chi connectivity index (χ0v) is 14.7. The van der Waals surface area contributed by atoms with E-state index in [1.165, 1.54) is 24.3 Å². The lowest BCUT2D eigenvalue weighted by molar-refractivity contribution is 0.329. The fraction of sp³-hybridized carbons (Fsp3) is 0.333. The van der Waals surface area contributed by atoms with Crippen LogP contribution in [0.5, 0.6) is 0 Å². The Kier molecular flexibility index (Phi) is 5.23. The standard InChI is InChI=1S/C18H19ClFNO2S/c19-15-7-5-14(6-8-15)18-4-2-1-3-13-21(18)24(22,23)17-11-9-16(20)10-12-17/h5-12,18H,1-4,13H2. The molecule has 0 spiro atoms. The van der Waals surface area contributed by atoms with Crippen LogP contribution in [-0.4, -0.2) is 19.3 Å². The summed E-state index contributed by atoms with van der Waals surface area (Å²) in [7, 11) is -3.68. The molecule has 1 saturated heterocycles. The van der Waals surface area contributed by atoms with Crippen LogP contribution in [0.25, 0.3) is 0 Å². The Bertz CT molecular complexity index is 791. The minimum atomic E-state index is -3.68. The van der Waals surface area contributed by atoms with Gasteiger partial charge in [-0.1, -0.05) is 36.6 Å². The number of halogens is 2. The van der Waals surface area contributed by atoms with Crippen molar-refractivity contribution in [2.24, 2.45) is 0 Å². The zero-order chi connectivity index (χ0) is 17.2. The van der Waals surface area contributed by atoms with Crippen molar-refractivity contribution >= 4 is 21.6 Å². The Labute approximate surface area is 147 Å². The highest BCUT2D eigenvalue weighted by Gasteiger charge is 2.33. The van der Waals surface area contributed by atoms with E-state index in [1.54, 1.807) is 16.4 Å². The van der Waals surface area contributed by atoms with Crippen LogP contribution >= 0.6 is 11.6 Å². The molecule has 0 aromatic heterocycles. The number of nitrogens with zero attached hydrogens (tertiary/aromatic N) is 1. The Morgan fingerprint density at radius 2 is 1.62 bits per heavy atom. The molecule has 0 bridgehead atoms. The summed E-state index contributed by atoms with van der Waals surface area (Å²) in [5, 5.41) is 0.625. The van der Waals surface area contributed by atoms with E-state index in [9.17, 15) is 12.8 Å². The van der Waals surface area contributed by atoms with Crippen molar-refractivity contribution in [1.29, 1.82) is 0 Å². The summed E-state index contributed by atoms with van der Waals surface area (Å²) in [5.41, 5.74) is 0.937. The van der Waals surface area contributed by atoms with E-state index < -0.39 is 15.8 Å². The van der Waals surface area contributed by atoms with Crippen LogP contribution in [0.15, 0.2) is 53.4 Å². The van der Waals surface area contributed by atoms with Crippen molar-refractivity contribution in [3.05, 3.63) is 64.9 Å². The molecule has 0 radical (unpaired) electrons. The molecule has 1 atom stereocenters. The molecule has 3 nitrogen and oxygen atoms in total. The molecule has 1 unspecified atom stereocenters. The summed E-state index contributed by atoms with van der Waals surface area (Å²) >= 11 is 5.95. The molecule has 0 amide bonds. The average molecular weight is 368 g/mol. The molecule has 2 aromatic rings. The summed E-state index contributed by atoms with van der Waals surface area (Å²) in [4.78, 5) is 0.129. The van der Waals surface area contributed by atoms with Crippen molar-refractivity contribution in [1.82, 2.24) is 4.31 Å². The first-order valence-electron chi connectivity index (χ1n) is 8.01. The number of benzene rings is 2. The first-order chi connectivity index (χ1) is 11.5. The molecule has 1 heterocycles. The van der Waals surface area contributed by atoms with Gasteiger partial charge in [0.25, 0.3) is 0 Å². The Hall–Kier alpha value is -1.43. The van der Waals surface area contributed by atoms with Gasteiger partial charge in [0.1, 0.15) is 5.82 Å². The lowest BCUT2D eigenvalue weighted by Gasteiger charge is -2.29. The maximum Gasteiger partial charge on any atom is 0.243 e. The van der Waals surface area contributed by atoms with E-state index >= 15 is 0 Å². The molecule has 1 aliphatic heterocycles. The van der Waals surface area contributed by atoms with Crippen LogP contribution in [0, 0.1) is 5.82 Å². The number of hydrogen-bond donors (Lipinski definition) is 0. The SMILES string of the molecule is O=S(=O)(c1ccc(F)cc1)N1CCCCCC1c1ccc(Cl)cc1. The Morgan fingerprint density at radius 1 is 0.958 bits per heavy atom. The van der Waals surface area contributed by atoms with Crippen LogP contribution in [-0.2, 0) is 10.0 Å². The van der Waals surface area contributed by atoms with Crippen molar-refractivity contribution < 1.29 is 12.8 Å². The van der Waals surface area contributed by atoms with Gasteiger partial charge in [-0.25, -0.2) is 12.8 Å². The van der Waals surface area contributed by atoms with E-state index in [1.807, 2.05) is 12.1 Å². The van der Waals surface area contributed by atoms with E-state index in [4.69, 9.17) is 11.6 Å². The average Bonchev–Trinajstić information content (AvgIpc) is 2.82. The third-order valence-electron chi connectivity index (χ3n) is 4.38. The maximum atomic E-state index is 13.1. The van der Waals surface area contributed by atoms with Gasteiger partial charge in [0.2, 0.25) is 10.0 Å². The van der Waals surface area contributed by atoms with Crippen LogP contribution in [0.4, 0.5) is 4.39 Å². The quantitative estimate of drug-likeness (QED) is 0.782. The molecule has 0 aliphatic carbocycles. The molecule has 6 heteroatoms. The monoisotopic (exact) mass is 367 g/mol. The normalized spacial score (nSPS) is 19.8. The maximum absolute atomic E-state index is 13.1. The van der Waals surface area contributed by atoms with Crippen LogP contribution in [0.3, 0.4) is 0 Å². The number of rotatable bonds is 3. The van der Waals surface area contributed by atoms with Gasteiger partial charge in [-0.2, -0.15) is 4.31 Å². The number of sulfonamides is 1. The van der Waals surface area contributed by atoms with E-state index in [2.05, 4.69) is 0 Å². The highest BCUT2D eigenvalue weighted by atomic mass is 35.5. The first-order valence-corrected chi connectivity index (χ1v) is 9.83. The van der Waals surface area contributed by atoms with Gasteiger partial charge in [-0.15, -0.1) is 0 Å². The first kappa shape index (κ1) is 17.4. The highest BCUT2D eigenvalue weighted by Crippen LogP contribution is 2.35. The third kappa shape index (κ3) is 3.63. The van der Waals surface area contributed by atoms with Crippen LogP contribution in [0.2, 0.25) is 5.02 Å². The second kappa shape index (κ2) is 7.21. The van der Waals surface area contributed by atoms with Crippen LogP contribution < -0.4 is 0 Å². The lowest BCUT2D eigenvalue weighted by Crippen LogP contribution is -2.34. The molecular formula is C18H19ClFNO2S. The van der Waals surface area contributed by atoms with Crippen molar-refractivity contribution in [3.8, 4) is 0 Å². The Balaban J connectivity index is 2.00. The molecular weight excluding hydrogens is 349 g/mol. The summed E-state index contributed by atoms with van der Waals surface area (Å²) in [5.74, 6) is -0.445. The molecule has 1 fully saturated rings. The molecule has 1 aliphatic rings. The second-order valence-corrected chi connectivity index (χ2v) is 8.31. The molecule has 24 heavy (non-hydrogen) atoms. The van der Waals surface area contributed by atoms with E-state index in [-0.39, 0.29) is 10.9 Å². The summed E-state index contributed by atoms with van der Waals surface area (Å²) in [6.45, 7) is 0.465. The van der Waals surface area contributed by atoms with E-state index in [0.717, 1.165) is 31.2 Å². The molecule has 128 valence electrons. The summed E-state index contributed by atoms with van der Waals surface area (Å²) < 4.78 is 40.9. The largest absolute Gasteiger partial charge is 0.243 e. The summed E-state index contributed by atoms with van der Waals surface area (Å²) in [6.07, 6.45) is 3.56. The molecule has 2 aromatic carbocycles. The van der Waals surface area contributed by atoms with Gasteiger partial charge >= 0.3 is 0 Å². The van der Waals surface area contributed by atoms with Gasteiger partial charge in [0, 0.05) is 11.6 Å². The second-order valence-electron chi connectivity index (χ2n) is 5.99. The van der Waals surface area contributed by atoms with Crippen LogP contribution in [0.1, 0.15) is 37.3 Å². The summed E-state index contributed by atoms with van der Waals surface area (Å²) in [6, 6.07) is 12.1. The predicted octanol–water partition coefficient (Wildman–Crippen LogP) is 4.79.